The van der Waals surface area contributed by atoms with Gasteiger partial charge >= 0.3 is 0 Å². The second kappa shape index (κ2) is 3.22. The van der Waals surface area contributed by atoms with Gasteiger partial charge in [-0.25, -0.2) is 4.98 Å². The van der Waals surface area contributed by atoms with E-state index in [2.05, 4.69) is 30.7 Å². The van der Waals surface area contributed by atoms with Crippen LogP contribution in [0, 0.1) is 18.5 Å². The first-order valence-electron chi connectivity index (χ1n) is 4.40. The largest absolute Gasteiger partial charge is 0.347 e. The Labute approximate surface area is 84.4 Å². The third kappa shape index (κ3) is 2.15. The van der Waals surface area contributed by atoms with Crippen LogP contribution in [0.2, 0.25) is 0 Å². The lowest BCUT2D eigenvalue weighted by atomic mass is 9.95. The van der Waals surface area contributed by atoms with Gasteiger partial charge in [0.05, 0.1) is 0 Å². The number of nitrogens with one attached hydrogen (secondary N) is 1. The van der Waals surface area contributed by atoms with Gasteiger partial charge in [-0.05, 0) is 13.8 Å². The van der Waals surface area contributed by atoms with E-state index >= 15 is 0 Å². The summed E-state index contributed by atoms with van der Waals surface area (Å²) in [6.07, 6.45) is 0. The molecule has 0 radical (unpaired) electrons. The summed E-state index contributed by atoms with van der Waals surface area (Å²) in [6, 6.07) is 0. The van der Waals surface area contributed by atoms with Crippen molar-refractivity contribution in [3.63, 3.8) is 0 Å². The number of H-pyrrole nitrogens is 1. The fraction of sp³-hybridized carbons (Fsp3) is 0.600. The van der Waals surface area contributed by atoms with Crippen LogP contribution in [0.1, 0.15) is 37.9 Å². The van der Waals surface area contributed by atoms with Crippen molar-refractivity contribution in [2.24, 2.45) is 0 Å². The van der Waals surface area contributed by atoms with Crippen molar-refractivity contribution in [2.75, 3.05) is 0 Å². The number of rotatable bonds is 0. The molecule has 1 aromatic heterocycles. The normalized spacial score (nSPS) is 11.8. The third-order valence-electron chi connectivity index (χ3n) is 2.11. The lowest BCUT2D eigenvalue weighted by Crippen LogP contribution is -2.17. The first-order valence-corrected chi connectivity index (χ1v) is 4.81. The van der Waals surface area contributed by atoms with Crippen LogP contribution in [0.3, 0.4) is 0 Å². The molecule has 3 heteroatoms. The molecule has 13 heavy (non-hydrogen) atoms. The van der Waals surface area contributed by atoms with Gasteiger partial charge in [0.2, 0.25) is 0 Å². The Kier molecular flexibility index (Phi) is 2.57. The SMILES string of the molecule is Cc1[nH]c(C(C)(C)C)nc(=S)c1C. The molecular weight excluding hydrogens is 180 g/mol. The van der Waals surface area contributed by atoms with E-state index in [4.69, 9.17) is 12.2 Å². The minimum Gasteiger partial charge on any atom is -0.347 e. The van der Waals surface area contributed by atoms with Gasteiger partial charge in [0.1, 0.15) is 10.5 Å². The van der Waals surface area contributed by atoms with Gasteiger partial charge in [0.25, 0.3) is 0 Å². The van der Waals surface area contributed by atoms with Crippen molar-refractivity contribution in [1.29, 1.82) is 0 Å². The second-order valence-electron chi connectivity index (χ2n) is 4.39. The number of hydrogen-bond donors (Lipinski definition) is 1. The van der Waals surface area contributed by atoms with Crippen LogP contribution in [0.4, 0.5) is 0 Å². The second-order valence-corrected chi connectivity index (χ2v) is 4.78. The van der Waals surface area contributed by atoms with Gasteiger partial charge in [0.15, 0.2) is 0 Å². The molecule has 1 N–H and O–H groups in total. The maximum atomic E-state index is 5.17. The van der Waals surface area contributed by atoms with Crippen LogP contribution in [-0.4, -0.2) is 9.97 Å². The lowest BCUT2D eigenvalue weighted by molar-refractivity contribution is 0.541. The summed E-state index contributed by atoms with van der Waals surface area (Å²) in [6.45, 7) is 10.4. The molecule has 0 bridgehead atoms. The highest BCUT2D eigenvalue weighted by molar-refractivity contribution is 7.71. The number of hydrogen-bond acceptors (Lipinski definition) is 2. The molecule has 0 aromatic carbocycles. The predicted molar refractivity (Wildman–Crippen MR) is 57.6 cm³/mol. The van der Waals surface area contributed by atoms with E-state index in [0.717, 1.165) is 17.1 Å². The van der Waals surface area contributed by atoms with Crippen LogP contribution in [0.5, 0.6) is 0 Å². The van der Waals surface area contributed by atoms with Crippen molar-refractivity contribution in [3.05, 3.63) is 21.7 Å². The maximum absolute atomic E-state index is 5.17. The number of aromatic nitrogens is 2. The smallest absolute Gasteiger partial charge is 0.132 e. The highest BCUT2D eigenvalue weighted by Gasteiger charge is 2.16. The van der Waals surface area contributed by atoms with E-state index in [0.29, 0.717) is 4.64 Å². The summed E-state index contributed by atoms with van der Waals surface area (Å²) in [4.78, 5) is 7.64. The van der Waals surface area contributed by atoms with E-state index < -0.39 is 0 Å². The van der Waals surface area contributed by atoms with Gasteiger partial charge in [-0.3, -0.25) is 0 Å². The highest BCUT2D eigenvalue weighted by Crippen LogP contribution is 2.19. The maximum Gasteiger partial charge on any atom is 0.132 e. The van der Waals surface area contributed by atoms with Gasteiger partial charge in [-0.2, -0.15) is 0 Å². The quantitative estimate of drug-likeness (QED) is 0.646. The number of aromatic amines is 1. The summed E-state index contributed by atoms with van der Waals surface area (Å²) in [7, 11) is 0. The molecule has 0 aliphatic heterocycles. The fourth-order valence-corrected chi connectivity index (χ4v) is 1.24. The van der Waals surface area contributed by atoms with Crippen molar-refractivity contribution in [3.8, 4) is 0 Å². The monoisotopic (exact) mass is 196 g/mol. The topological polar surface area (TPSA) is 28.7 Å². The Bertz CT molecular complexity index is 371. The number of nitrogens with zero attached hydrogens (tertiary/aromatic N) is 1. The summed E-state index contributed by atoms with van der Waals surface area (Å²) >= 11 is 5.17. The van der Waals surface area contributed by atoms with Crippen molar-refractivity contribution < 1.29 is 0 Å². The van der Waals surface area contributed by atoms with E-state index in [9.17, 15) is 0 Å². The van der Waals surface area contributed by atoms with E-state index in [1.54, 1.807) is 0 Å². The fourth-order valence-electron chi connectivity index (χ4n) is 1.00. The molecule has 0 saturated carbocycles. The molecule has 0 aliphatic rings. The highest BCUT2D eigenvalue weighted by atomic mass is 32.1. The molecule has 0 unspecified atom stereocenters. The van der Waals surface area contributed by atoms with E-state index in [1.807, 2.05) is 13.8 Å². The van der Waals surface area contributed by atoms with E-state index in [1.165, 1.54) is 0 Å². The zero-order chi connectivity index (χ0) is 10.2. The van der Waals surface area contributed by atoms with Crippen molar-refractivity contribution in [1.82, 2.24) is 9.97 Å². The van der Waals surface area contributed by atoms with Gasteiger partial charge in [-0.15, -0.1) is 0 Å². The standard InChI is InChI=1S/C10H16N2S/c1-6-7(2)11-9(10(3,4)5)12-8(6)13/h1-5H3,(H,11,12,13). The Morgan fingerprint density at radius 3 is 2.15 bits per heavy atom. The molecule has 2 nitrogen and oxygen atoms in total. The Balaban J connectivity index is 3.38. The van der Waals surface area contributed by atoms with Crippen molar-refractivity contribution >= 4 is 12.2 Å². The summed E-state index contributed by atoms with van der Waals surface area (Å²) in [5.41, 5.74) is 2.22. The van der Waals surface area contributed by atoms with Crippen LogP contribution in [0.15, 0.2) is 0 Å². The summed E-state index contributed by atoms with van der Waals surface area (Å²) < 4.78 is 0.709. The average Bonchev–Trinajstić information content (AvgIpc) is 1.97. The first kappa shape index (κ1) is 10.4. The minimum absolute atomic E-state index is 0.0337. The third-order valence-corrected chi connectivity index (χ3v) is 2.51. The molecular formula is C10H16N2S. The summed E-state index contributed by atoms with van der Waals surface area (Å²) in [5.74, 6) is 0.959. The zero-order valence-corrected chi connectivity index (χ0v) is 9.67. The molecule has 0 amide bonds. The van der Waals surface area contributed by atoms with Crippen LogP contribution >= 0.6 is 12.2 Å². The van der Waals surface area contributed by atoms with Crippen LogP contribution in [0.25, 0.3) is 0 Å². The summed E-state index contributed by atoms with van der Waals surface area (Å²) in [5, 5.41) is 0. The Morgan fingerprint density at radius 1 is 1.23 bits per heavy atom. The predicted octanol–water partition coefficient (Wildman–Crippen LogP) is 3.05. The molecule has 0 spiro atoms. The molecule has 1 rings (SSSR count). The first-order chi connectivity index (χ1) is 5.82. The molecule has 0 saturated heterocycles. The van der Waals surface area contributed by atoms with Gasteiger partial charge in [0, 0.05) is 16.7 Å². The number of aryl methyl sites for hydroxylation is 1. The minimum atomic E-state index is 0.0337. The molecule has 72 valence electrons. The van der Waals surface area contributed by atoms with Crippen LogP contribution < -0.4 is 0 Å². The molecule has 1 heterocycles. The molecule has 0 aliphatic carbocycles. The molecule has 0 fully saturated rings. The van der Waals surface area contributed by atoms with Crippen LogP contribution in [-0.2, 0) is 5.41 Å². The molecule has 0 atom stereocenters. The average molecular weight is 196 g/mol. The van der Waals surface area contributed by atoms with Gasteiger partial charge < -0.3 is 4.98 Å². The Morgan fingerprint density at radius 2 is 1.77 bits per heavy atom. The molecule has 1 aromatic rings. The van der Waals surface area contributed by atoms with Crippen molar-refractivity contribution in [2.45, 2.75) is 40.0 Å². The van der Waals surface area contributed by atoms with E-state index in [-0.39, 0.29) is 5.41 Å². The van der Waals surface area contributed by atoms with Gasteiger partial charge in [-0.1, -0.05) is 33.0 Å². The lowest BCUT2D eigenvalue weighted by Gasteiger charge is -2.18. The Hall–Kier alpha value is -0.700. The zero-order valence-electron chi connectivity index (χ0n) is 8.86.